The molecule has 0 spiro atoms. The highest BCUT2D eigenvalue weighted by Crippen LogP contribution is 2.36. The third kappa shape index (κ3) is 3.84. The number of nitrogens with one attached hydrogen (secondary N) is 1. The largest absolute Gasteiger partial charge is 0.496 e. The fourth-order valence-corrected chi connectivity index (χ4v) is 2.25. The summed E-state index contributed by atoms with van der Waals surface area (Å²) in [6.07, 6.45) is 1.73. The van der Waals surface area contributed by atoms with Gasteiger partial charge in [0.2, 0.25) is 0 Å². The fraction of sp³-hybridized carbons (Fsp3) is 0.625. The number of carbonyl (C=O) groups excluding carboxylic acids is 1. The van der Waals surface area contributed by atoms with E-state index in [0.717, 1.165) is 11.0 Å². The molecule has 1 aromatic heterocycles. The maximum atomic E-state index is 11.4. The van der Waals surface area contributed by atoms with E-state index < -0.39 is 7.12 Å². The second-order valence-electron chi connectivity index (χ2n) is 6.67. The van der Waals surface area contributed by atoms with Gasteiger partial charge in [-0.25, -0.2) is 4.98 Å². The van der Waals surface area contributed by atoms with Gasteiger partial charge in [-0.15, -0.1) is 0 Å². The average Bonchev–Trinajstić information content (AvgIpc) is 2.65. The van der Waals surface area contributed by atoms with Crippen LogP contribution in [0.1, 0.15) is 40.2 Å². The van der Waals surface area contributed by atoms with E-state index in [1.165, 1.54) is 0 Å². The van der Waals surface area contributed by atoms with Crippen molar-refractivity contribution in [3.8, 4) is 0 Å². The molecule has 0 radical (unpaired) electrons. The first-order chi connectivity index (χ1) is 10.7. The van der Waals surface area contributed by atoms with Gasteiger partial charge in [0.25, 0.3) is 0 Å². The van der Waals surface area contributed by atoms with Gasteiger partial charge >= 0.3 is 13.1 Å². The topological polar surface area (TPSA) is 69.7 Å². The monoisotopic (exact) mass is 320 g/mol. The lowest BCUT2D eigenvalue weighted by molar-refractivity contribution is -0.140. The lowest BCUT2D eigenvalue weighted by atomic mass is 9.77. The van der Waals surface area contributed by atoms with Crippen LogP contribution in [0.4, 0.5) is 5.82 Å². The van der Waals surface area contributed by atoms with Gasteiger partial charge in [-0.3, -0.25) is 4.79 Å². The average molecular weight is 320 g/mol. The predicted octanol–water partition coefficient (Wildman–Crippen LogP) is 1.66. The van der Waals surface area contributed by atoms with Crippen molar-refractivity contribution in [2.75, 3.05) is 18.5 Å². The minimum atomic E-state index is -0.438. The summed E-state index contributed by atoms with van der Waals surface area (Å²) in [6.45, 7) is 12.3. The van der Waals surface area contributed by atoms with Crippen LogP contribution < -0.4 is 10.8 Å². The predicted molar refractivity (Wildman–Crippen MR) is 89.8 cm³/mol. The van der Waals surface area contributed by atoms with Crippen molar-refractivity contribution in [3.63, 3.8) is 0 Å². The molecule has 23 heavy (non-hydrogen) atoms. The van der Waals surface area contributed by atoms with Gasteiger partial charge in [-0.1, -0.05) is 0 Å². The number of nitrogens with zero attached hydrogens (tertiary/aromatic N) is 1. The van der Waals surface area contributed by atoms with Crippen molar-refractivity contribution in [1.82, 2.24) is 4.98 Å². The maximum Gasteiger partial charge on any atom is 0.496 e. The zero-order chi connectivity index (χ0) is 17.3. The smallest absolute Gasteiger partial charge is 0.465 e. The summed E-state index contributed by atoms with van der Waals surface area (Å²) in [5, 5.41) is 2.95. The van der Waals surface area contributed by atoms with Crippen molar-refractivity contribution in [1.29, 1.82) is 0 Å². The van der Waals surface area contributed by atoms with Gasteiger partial charge in [0.05, 0.1) is 17.8 Å². The quantitative estimate of drug-likeness (QED) is 0.657. The highest BCUT2D eigenvalue weighted by molar-refractivity contribution is 6.62. The Hall–Kier alpha value is -1.60. The normalized spacial score (nSPS) is 18.8. The van der Waals surface area contributed by atoms with Gasteiger partial charge < -0.3 is 19.4 Å². The second-order valence-corrected chi connectivity index (χ2v) is 6.67. The Labute approximate surface area is 138 Å². The number of hydrogen-bond acceptors (Lipinski definition) is 6. The summed E-state index contributed by atoms with van der Waals surface area (Å²) in [5.74, 6) is 0.317. The first kappa shape index (κ1) is 17.8. The molecule has 0 amide bonds. The van der Waals surface area contributed by atoms with Crippen LogP contribution in [-0.4, -0.2) is 42.4 Å². The SMILES string of the molecule is CCOC(=O)CNc1cc(C)c(B2OC(C)(C)C(C)(C)O2)cn1. The molecule has 1 saturated heterocycles. The summed E-state index contributed by atoms with van der Waals surface area (Å²) in [7, 11) is -0.438. The molecule has 0 atom stereocenters. The van der Waals surface area contributed by atoms with E-state index in [0.29, 0.717) is 12.4 Å². The third-order valence-corrected chi connectivity index (χ3v) is 4.38. The standard InChI is InChI=1S/C16H25BN2O4/c1-7-21-14(20)10-19-13-8-11(2)12(9-18-13)17-22-15(3,4)16(5,6)23-17/h8-9H,7,10H2,1-6H3,(H,18,19). The molecular formula is C16H25BN2O4. The Balaban J connectivity index is 2.07. The molecule has 6 nitrogen and oxygen atoms in total. The van der Waals surface area contributed by atoms with E-state index in [1.807, 2.05) is 40.7 Å². The fourth-order valence-electron chi connectivity index (χ4n) is 2.25. The van der Waals surface area contributed by atoms with Crippen LogP contribution in [0.5, 0.6) is 0 Å². The Morgan fingerprint density at radius 2 is 1.91 bits per heavy atom. The highest BCUT2D eigenvalue weighted by Gasteiger charge is 2.52. The van der Waals surface area contributed by atoms with Gasteiger partial charge in [-0.05, 0) is 53.2 Å². The number of carbonyl (C=O) groups is 1. The van der Waals surface area contributed by atoms with E-state index >= 15 is 0 Å². The number of pyridine rings is 1. The molecule has 0 aromatic carbocycles. The van der Waals surface area contributed by atoms with Crippen LogP contribution in [-0.2, 0) is 18.8 Å². The number of esters is 1. The molecule has 126 valence electrons. The van der Waals surface area contributed by atoms with Gasteiger partial charge in [0, 0.05) is 11.7 Å². The molecule has 1 N–H and O–H groups in total. The van der Waals surface area contributed by atoms with Gasteiger partial charge in [0.1, 0.15) is 12.4 Å². The Kier molecular flexibility index (Phi) is 5.01. The molecule has 1 aromatic rings. The number of ether oxygens (including phenoxy) is 1. The molecule has 2 rings (SSSR count). The number of aryl methyl sites for hydroxylation is 1. The summed E-state index contributed by atoms with van der Waals surface area (Å²) >= 11 is 0. The highest BCUT2D eigenvalue weighted by atomic mass is 16.7. The number of aromatic nitrogens is 1. The first-order valence-corrected chi connectivity index (χ1v) is 7.88. The molecule has 0 unspecified atom stereocenters. The van der Waals surface area contributed by atoms with E-state index in [1.54, 1.807) is 13.1 Å². The lowest BCUT2D eigenvalue weighted by Gasteiger charge is -2.32. The van der Waals surface area contributed by atoms with Gasteiger partial charge in [-0.2, -0.15) is 0 Å². The molecule has 1 aliphatic rings. The molecule has 1 fully saturated rings. The van der Waals surface area contributed by atoms with Gasteiger partial charge in [0.15, 0.2) is 0 Å². The van der Waals surface area contributed by atoms with Crippen molar-refractivity contribution < 1.29 is 18.8 Å². The zero-order valence-electron chi connectivity index (χ0n) is 14.7. The maximum absolute atomic E-state index is 11.4. The zero-order valence-corrected chi connectivity index (χ0v) is 14.7. The Morgan fingerprint density at radius 3 is 2.43 bits per heavy atom. The minimum Gasteiger partial charge on any atom is -0.465 e. The molecule has 0 saturated carbocycles. The van der Waals surface area contributed by atoms with Crippen LogP contribution in [0.15, 0.2) is 12.3 Å². The summed E-state index contributed by atoms with van der Waals surface area (Å²) in [5.41, 5.74) is 1.12. The summed E-state index contributed by atoms with van der Waals surface area (Å²) < 4.78 is 17.0. The summed E-state index contributed by atoms with van der Waals surface area (Å²) in [4.78, 5) is 15.7. The van der Waals surface area contributed by atoms with Crippen molar-refractivity contribution >= 4 is 24.4 Å². The Bertz CT molecular complexity index is 573. The van der Waals surface area contributed by atoms with Crippen LogP contribution in [0, 0.1) is 6.92 Å². The second kappa shape index (κ2) is 6.49. The van der Waals surface area contributed by atoms with Crippen LogP contribution in [0.3, 0.4) is 0 Å². The van der Waals surface area contributed by atoms with E-state index in [9.17, 15) is 4.79 Å². The molecule has 0 aliphatic carbocycles. The number of hydrogen-bond donors (Lipinski definition) is 1. The van der Waals surface area contributed by atoms with Crippen LogP contribution in [0.2, 0.25) is 0 Å². The summed E-state index contributed by atoms with van der Waals surface area (Å²) in [6, 6.07) is 1.87. The molecule has 7 heteroatoms. The number of anilines is 1. The van der Waals surface area contributed by atoms with Crippen molar-refractivity contribution in [2.24, 2.45) is 0 Å². The minimum absolute atomic E-state index is 0.0934. The number of rotatable bonds is 5. The third-order valence-electron chi connectivity index (χ3n) is 4.38. The molecular weight excluding hydrogens is 295 g/mol. The van der Waals surface area contributed by atoms with Crippen molar-refractivity contribution in [3.05, 3.63) is 17.8 Å². The van der Waals surface area contributed by atoms with Crippen LogP contribution in [0.25, 0.3) is 0 Å². The van der Waals surface area contributed by atoms with Crippen molar-refractivity contribution in [2.45, 2.75) is 52.7 Å². The van der Waals surface area contributed by atoms with E-state index in [4.69, 9.17) is 14.0 Å². The Morgan fingerprint density at radius 1 is 1.30 bits per heavy atom. The lowest BCUT2D eigenvalue weighted by Crippen LogP contribution is -2.41. The van der Waals surface area contributed by atoms with Crippen LogP contribution >= 0.6 is 0 Å². The first-order valence-electron chi connectivity index (χ1n) is 7.88. The van der Waals surface area contributed by atoms with E-state index in [2.05, 4.69) is 10.3 Å². The molecule has 2 heterocycles. The molecule has 1 aliphatic heterocycles. The van der Waals surface area contributed by atoms with E-state index in [-0.39, 0.29) is 23.7 Å². The molecule has 0 bridgehead atoms.